The van der Waals surface area contributed by atoms with Crippen LogP contribution < -0.4 is 10.6 Å². The fourth-order valence-corrected chi connectivity index (χ4v) is 2.92. The van der Waals surface area contributed by atoms with Crippen LogP contribution in [0.2, 0.25) is 0 Å². The number of aromatic nitrogens is 2. The number of nitrogens with one attached hydrogen (secondary N) is 2. The molecule has 2 N–H and O–H groups in total. The Bertz CT molecular complexity index is 531. The second kappa shape index (κ2) is 8.53. The van der Waals surface area contributed by atoms with Crippen molar-refractivity contribution in [3.63, 3.8) is 0 Å². The average Bonchev–Trinajstić information content (AvgIpc) is 3.01. The van der Waals surface area contributed by atoms with Crippen LogP contribution in [0.1, 0.15) is 20.6 Å². The number of thiazole rings is 2. The molecular formula is C12H18IN5S2. The van der Waals surface area contributed by atoms with Crippen LogP contribution in [0.4, 0.5) is 0 Å². The lowest BCUT2D eigenvalue weighted by Crippen LogP contribution is -2.36. The maximum atomic E-state index is 4.49. The largest absolute Gasteiger partial charge is 0.350 e. The van der Waals surface area contributed by atoms with E-state index in [0.717, 1.165) is 21.7 Å². The maximum absolute atomic E-state index is 4.49. The third-order valence-corrected chi connectivity index (χ3v) is 4.45. The van der Waals surface area contributed by atoms with Crippen molar-refractivity contribution in [3.8, 4) is 0 Å². The molecule has 0 fully saturated rings. The van der Waals surface area contributed by atoms with Crippen LogP contribution in [0.15, 0.2) is 16.6 Å². The highest BCUT2D eigenvalue weighted by Crippen LogP contribution is 2.15. The van der Waals surface area contributed by atoms with E-state index in [2.05, 4.69) is 32.5 Å². The summed E-state index contributed by atoms with van der Waals surface area (Å²) in [6.07, 6.45) is 1.80. The number of nitrogens with zero attached hydrogens (tertiary/aromatic N) is 3. The topological polar surface area (TPSA) is 62.2 Å². The quantitative estimate of drug-likeness (QED) is 0.451. The predicted octanol–water partition coefficient (Wildman–Crippen LogP) is 2.70. The third-order valence-electron chi connectivity index (χ3n) is 2.59. The van der Waals surface area contributed by atoms with E-state index < -0.39 is 0 Å². The molecule has 0 saturated heterocycles. The lowest BCUT2D eigenvalue weighted by molar-refractivity contribution is 0.800. The van der Waals surface area contributed by atoms with E-state index >= 15 is 0 Å². The second-order valence-corrected chi connectivity index (χ2v) is 6.22. The number of halogens is 1. The number of aliphatic imine (C=N–C) groups is 1. The summed E-state index contributed by atoms with van der Waals surface area (Å²) in [7, 11) is 1.76. The van der Waals surface area contributed by atoms with E-state index in [0.29, 0.717) is 13.1 Å². The molecule has 2 heterocycles. The Morgan fingerprint density at radius 3 is 2.45 bits per heavy atom. The van der Waals surface area contributed by atoms with Crippen LogP contribution in [0, 0.1) is 13.8 Å². The molecule has 2 rings (SSSR count). The van der Waals surface area contributed by atoms with Crippen molar-refractivity contribution in [3.05, 3.63) is 32.2 Å². The third kappa shape index (κ3) is 4.98. The molecule has 0 aliphatic heterocycles. The van der Waals surface area contributed by atoms with Gasteiger partial charge in [0.05, 0.1) is 18.8 Å². The summed E-state index contributed by atoms with van der Waals surface area (Å²) in [4.78, 5) is 14.2. The minimum Gasteiger partial charge on any atom is -0.350 e. The lowest BCUT2D eigenvalue weighted by atomic mass is 10.4. The standard InChI is InChI=1S/C12H17N5S2.HI/c1-8-9(2)19-11(17-8)7-16-12(13-3)15-6-10-14-4-5-18-10;/h4-5H,6-7H2,1-3H3,(H2,13,15,16);1H. The van der Waals surface area contributed by atoms with Gasteiger partial charge in [-0.3, -0.25) is 4.99 Å². The molecule has 0 bridgehead atoms. The first kappa shape index (κ1) is 17.3. The molecule has 0 atom stereocenters. The highest BCUT2D eigenvalue weighted by atomic mass is 127. The number of guanidine groups is 1. The Morgan fingerprint density at radius 1 is 1.25 bits per heavy atom. The summed E-state index contributed by atoms with van der Waals surface area (Å²) in [5.41, 5.74) is 1.10. The molecule has 110 valence electrons. The van der Waals surface area contributed by atoms with Gasteiger partial charge < -0.3 is 10.6 Å². The number of aryl methyl sites for hydroxylation is 2. The summed E-state index contributed by atoms with van der Waals surface area (Å²) >= 11 is 3.34. The van der Waals surface area contributed by atoms with Crippen LogP contribution in [0.3, 0.4) is 0 Å². The SMILES string of the molecule is CN=C(NCc1nccs1)NCc1nc(C)c(C)s1.I. The Labute approximate surface area is 144 Å². The smallest absolute Gasteiger partial charge is 0.191 e. The molecule has 0 aromatic carbocycles. The highest BCUT2D eigenvalue weighted by Gasteiger charge is 2.05. The van der Waals surface area contributed by atoms with Crippen molar-refractivity contribution in [1.29, 1.82) is 0 Å². The molecule has 2 aromatic heterocycles. The van der Waals surface area contributed by atoms with E-state index in [4.69, 9.17) is 0 Å². The lowest BCUT2D eigenvalue weighted by Gasteiger charge is -2.09. The highest BCUT2D eigenvalue weighted by molar-refractivity contribution is 14.0. The van der Waals surface area contributed by atoms with Crippen LogP contribution in [-0.2, 0) is 13.1 Å². The zero-order valence-electron chi connectivity index (χ0n) is 11.6. The van der Waals surface area contributed by atoms with Crippen molar-refractivity contribution in [2.24, 2.45) is 4.99 Å². The van der Waals surface area contributed by atoms with Crippen LogP contribution >= 0.6 is 46.7 Å². The molecule has 0 saturated carbocycles. The summed E-state index contributed by atoms with van der Waals surface area (Å²) in [6.45, 7) is 5.50. The van der Waals surface area contributed by atoms with Gasteiger partial charge >= 0.3 is 0 Å². The molecule has 0 aliphatic rings. The van der Waals surface area contributed by atoms with E-state index in [1.54, 1.807) is 35.9 Å². The fraction of sp³-hybridized carbons (Fsp3) is 0.417. The van der Waals surface area contributed by atoms with Crippen molar-refractivity contribution in [2.75, 3.05) is 7.05 Å². The minimum absolute atomic E-state index is 0. The van der Waals surface area contributed by atoms with Crippen molar-refractivity contribution >= 4 is 52.6 Å². The molecule has 8 heteroatoms. The van der Waals surface area contributed by atoms with Crippen LogP contribution in [0.5, 0.6) is 0 Å². The van der Waals surface area contributed by atoms with Gasteiger partial charge in [0.1, 0.15) is 10.0 Å². The van der Waals surface area contributed by atoms with Crippen molar-refractivity contribution in [2.45, 2.75) is 26.9 Å². The van der Waals surface area contributed by atoms with Gasteiger partial charge in [-0.15, -0.1) is 46.7 Å². The molecule has 2 aromatic rings. The number of rotatable bonds is 4. The van der Waals surface area contributed by atoms with Gasteiger partial charge in [-0.25, -0.2) is 9.97 Å². The zero-order chi connectivity index (χ0) is 13.7. The molecular weight excluding hydrogens is 405 g/mol. The van der Waals surface area contributed by atoms with Gasteiger partial charge in [0.25, 0.3) is 0 Å². The normalized spacial score (nSPS) is 11.1. The first-order valence-electron chi connectivity index (χ1n) is 5.95. The van der Waals surface area contributed by atoms with Gasteiger partial charge in [0.15, 0.2) is 5.96 Å². The average molecular weight is 423 g/mol. The van der Waals surface area contributed by atoms with Gasteiger partial charge in [0.2, 0.25) is 0 Å². The first-order chi connectivity index (χ1) is 9.19. The van der Waals surface area contributed by atoms with Crippen LogP contribution in [0.25, 0.3) is 0 Å². The van der Waals surface area contributed by atoms with E-state index in [-0.39, 0.29) is 24.0 Å². The monoisotopic (exact) mass is 423 g/mol. The van der Waals surface area contributed by atoms with Gasteiger partial charge in [-0.1, -0.05) is 0 Å². The number of hydrogen-bond acceptors (Lipinski definition) is 5. The molecule has 5 nitrogen and oxygen atoms in total. The molecule has 0 unspecified atom stereocenters. The molecule has 0 amide bonds. The van der Waals surface area contributed by atoms with Crippen molar-refractivity contribution < 1.29 is 0 Å². The van der Waals surface area contributed by atoms with E-state index in [1.807, 2.05) is 12.3 Å². The van der Waals surface area contributed by atoms with Crippen LogP contribution in [-0.4, -0.2) is 23.0 Å². The van der Waals surface area contributed by atoms with Gasteiger partial charge in [-0.05, 0) is 13.8 Å². The Hall–Kier alpha value is -0.740. The Balaban J connectivity index is 0.00000200. The second-order valence-electron chi connectivity index (χ2n) is 3.95. The predicted molar refractivity (Wildman–Crippen MR) is 96.2 cm³/mol. The van der Waals surface area contributed by atoms with E-state index in [9.17, 15) is 0 Å². The Morgan fingerprint density at radius 2 is 1.95 bits per heavy atom. The van der Waals surface area contributed by atoms with Gasteiger partial charge in [-0.2, -0.15) is 0 Å². The first-order valence-corrected chi connectivity index (χ1v) is 7.64. The fourth-order valence-electron chi connectivity index (χ4n) is 1.49. The summed E-state index contributed by atoms with van der Waals surface area (Å²) in [5.74, 6) is 0.765. The summed E-state index contributed by atoms with van der Waals surface area (Å²) in [6, 6.07) is 0. The zero-order valence-corrected chi connectivity index (χ0v) is 15.6. The van der Waals surface area contributed by atoms with Crippen molar-refractivity contribution in [1.82, 2.24) is 20.6 Å². The van der Waals surface area contributed by atoms with E-state index in [1.165, 1.54) is 4.88 Å². The minimum atomic E-state index is 0. The van der Waals surface area contributed by atoms with Gasteiger partial charge in [0, 0.05) is 23.5 Å². The summed E-state index contributed by atoms with van der Waals surface area (Å²) in [5, 5.41) is 10.6. The molecule has 0 radical (unpaired) electrons. The molecule has 0 aliphatic carbocycles. The maximum Gasteiger partial charge on any atom is 0.191 e. The number of hydrogen-bond donors (Lipinski definition) is 2. The molecule has 0 spiro atoms. The molecule has 20 heavy (non-hydrogen) atoms. The Kier molecular flexibility index (Phi) is 7.38. The summed E-state index contributed by atoms with van der Waals surface area (Å²) < 4.78 is 0.